The number of ether oxygens (including phenoxy) is 3. The van der Waals surface area contributed by atoms with Crippen LogP contribution in [0.3, 0.4) is 0 Å². The molecule has 0 radical (unpaired) electrons. The van der Waals surface area contributed by atoms with Gasteiger partial charge in [-0.2, -0.15) is 0 Å². The topological polar surface area (TPSA) is 48.0 Å². The van der Waals surface area contributed by atoms with E-state index in [1.165, 1.54) is 13.2 Å². The van der Waals surface area contributed by atoms with Crippen LogP contribution in [-0.4, -0.2) is 37.7 Å². The van der Waals surface area contributed by atoms with Gasteiger partial charge in [0.25, 0.3) is 0 Å². The molecule has 6 heteroatoms. The minimum atomic E-state index is -0.305. The lowest BCUT2D eigenvalue weighted by Crippen LogP contribution is -2.29. The molecule has 2 aliphatic rings. The molecule has 0 spiro atoms. The molecule has 0 amide bonds. The third-order valence-electron chi connectivity index (χ3n) is 5.55. The highest BCUT2D eigenvalue weighted by Crippen LogP contribution is 2.45. The van der Waals surface area contributed by atoms with Gasteiger partial charge in [0.05, 0.1) is 13.7 Å². The molecule has 1 fully saturated rings. The number of fused-ring (bicyclic) bond motifs is 1. The molecule has 2 atom stereocenters. The number of carbonyl (C=O) groups is 1. The maximum Gasteiger partial charge on any atom is 0.231 e. The minimum Gasteiger partial charge on any atom is -0.497 e. The molecule has 0 saturated carbocycles. The van der Waals surface area contributed by atoms with Gasteiger partial charge in [0.15, 0.2) is 11.5 Å². The normalized spacial score (nSPS) is 21.1. The zero-order chi connectivity index (χ0) is 19.8. The Kier molecular flexibility index (Phi) is 4.98. The summed E-state index contributed by atoms with van der Waals surface area (Å²) in [5.41, 5.74) is 2.76. The van der Waals surface area contributed by atoms with Crippen LogP contribution in [0.25, 0.3) is 0 Å². The number of ketones is 1. The number of halogens is 1. The van der Waals surface area contributed by atoms with Gasteiger partial charge >= 0.3 is 0 Å². The number of methoxy groups -OCH3 is 1. The van der Waals surface area contributed by atoms with E-state index in [-0.39, 0.29) is 30.4 Å². The van der Waals surface area contributed by atoms with Gasteiger partial charge in [-0.25, -0.2) is 4.39 Å². The van der Waals surface area contributed by atoms with Crippen LogP contribution in [0.1, 0.15) is 42.0 Å². The number of nitrogens with zero attached hydrogens (tertiary/aromatic N) is 1. The molecule has 148 valence electrons. The van der Waals surface area contributed by atoms with Crippen LogP contribution < -0.4 is 14.2 Å². The quantitative estimate of drug-likeness (QED) is 0.779. The monoisotopic (exact) mass is 385 g/mol. The zero-order valence-electron chi connectivity index (χ0n) is 16.3. The van der Waals surface area contributed by atoms with Gasteiger partial charge in [0.1, 0.15) is 17.3 Å². The van der Waals surface area contributed by atoms with Gasteiger partial charge in [0.2, 0.25) is 6.79 Å². The summed E-state index contributed by atoms with van der Waals surface area (Å²) in [4.78, 5) is 13.9. The molecule has 2 aromatic rings. The van der Waals surface area contributed by atoms with Crippen LogP contribution in [0.15, 0.2) is 30.3 Å². The van der Waals surface area contributed by atoms with Gasteiger partial charge in [0, 0.05) is 24.2 Å². The summed E-state index contributed by atoms with van der Waals surface area (Å²) < 4.78 is 30.9. The van der Waals surface area contributed by atoms with Crippen molar-refractivity contribution < 1.29 is 23.4 Å². The SMILES string of the molecule is COc1ccc([C@H]2C[C@@H](c3cc(C)c4c(c3)OCO4)CN2CC(C)=O)c(F)c1. The molecule has 1 saturated heterocycles. The van der Waals surface area contributed by atoms with Crippen molar-refractivity contribution >= 4 is 5.78 Å². The Morgan fingerprint density at radius 2 is 2.11 bits per heavy atom. The molecular formula is C22H24FNO4. The fourth-order valence-electron chi connectivity index (χ4n) is 4.28. The van der Waals surface area contributed by atoms with Gasteiger partial charge in [-0.05, 0) is 49.4 Å². The van der Waals surface area contributed by atoms with Crippen LogP contribution >= 0.6 is 0 Å². The third-order valence-corrected chi connectivity index (χ3v) is 5.55. The molecule has 5 nitrogen and oxygen atoms in total. The Morgan fingerprint density at radius 3 is 2.82 bits per heavy atom. The van der Waals surface area contributed by atoms with Crippen molar-refractivity contribution in [2.45, 2.75) is 32.2 Å². The highest BCUT2D eigenvalue weighted by Gasteiger charge is 2.36. The maximum atomic E-state index is 14.7. The van der Waals surface area contributed by atoms with Crippen LogP contribution in [0, 0.1) is 12.7 Å². The number of hydrogen-bond donors (Lipinski definition) is 0. The maximum absolute atomic E-state index is 14.7. The number of carbonyl (C=O) groups excluding carboxylic acids is 1. The first-order chi connectivity index (χ1) is 13.5. The van der Waals surface area contributed by atoms with Gasteiger partial charge < -0.3 is 14.2 Å². The number of rotatable bonds is 5. The lowest BCUT2D eigenvalue weighted by atomic mass is 9.92. The average Bonchev–Trinajstić information content (AvgIpc) is 3.28. The predicted molar refractivity (Wildman–Crippen MR) is 103 cm³/mol. The number of benzene rings is 2. The molecule has 2 aliphatic heterocycles. The summed E-state index contributed by atoms with van der Waals surface area (Å²) in [6.07, 6.45) is 0.732. The van der Waals surface area contributed by atoms with Crippen molar-refractivity contribution in [3.05, 3.63) is 52.8 Å². The Morgan fingerprint density at radius 1 is 1.29 bits per heavy atom. The fraction of sp³-hybridized carbons (Fsp3) is 0.409. The van der Waals surface area contributed by atoms with Crippen molar-refractivity contribution in [3.63, 3.8) is 0 Å². The van der Waals surface area contributed by atoms with E-state index in [9.17, 15) is 9.18 Å². The van der Waals surface area contributed by atoms with Gasteiger partial charge in [-0.3, -0.25) is 9.69 Å². The standard InChI is InChI=1S/C22H24FNO4/c1-13-6-15(8-21-22(13)28-12-27-21)16-7-20(24(11-16)10-14(2)25)18-5-4-17(26-3)9-19(18)23/h4-6,8-9,16,20H,7,10-12H2,1-3H3/t16-,20-/m1/s1. The molecular weight excluding hydrogens is 361 g/mol. The smallest absolute Gasteiger partial charge is 0.231 e. The van der Waals surface area contributed by atoms with Crippen LogP contribution in [-0.2, 0) is 4.79 Å². The molecule has 0 aromatic heterocycles. The first-order valence-electron chi connectivity index (χ1n) is 9.43. The van der Waals surface area contributed by atoms with Crippen LogP contribution in [0.5, 0.6) is 17.2 Å². The first kappa shape index (κ1) is 18.7. The lowest BCUT2D eigenvalue weighted by Gasteiger charge is -2.24. The minimum absolute atomic E-state index is 0.0708. The van der Waals surface area contributed by atoms with Crippen molar-refractivity contribution in [1.29, 1.82) is 0 Å². The molecule has 0 bridgehead atoms. The van der Waals surface area contributed by atoms with Crippen molar-refractivity contribution in [2.75, 3.05) is 27.0 Å². The van der Waals surface area contributed by atoms with E-state index in [0.717, 1.165) is 29.0 Å². The predicted octanol–water partition coefficient (Wildman–Crippen LogP) is 3.99. The molecule has 28 heavy (non-hydrogen) atoms. The third kappa shape index (κ3) is 3.44. The second-order valence-electron chi connectivity index (χ2n) is 7.54. The highest BCUT2D eigenvalue weighted by atomic mass is 19.1. The highest BCUT2D eigenvalue weighted by molar-refractivity contribution is 5.77. The largest absolute Gasteiger partial charge is 0.497 e. The number of Topliss-reactive ketones (excluding diaryl/α,β-unsaturated/α-hetero) is 1. The molecule has 0 aliphatic carbocycles. The Labute approximate surface area is 164 Å². The van der Waals surface area contributed by atoms with E-state index in [1.54, 1.807) is 19.1 Å². The summed E-state index contributed by atoms with van der Waals surface area (Å²) >= 11 is 0. The van der Waals surface area contributed by atoms with Crippen LogP contribution in [0.4, 0.5) is 4.39 Å². The van der Waals surface area contributed by atoms with Crippen molar-refractivity contribution in [1.82, 2.24) is 4.90 Å². The van der Waals surface area contributed by atoms with E-state index < -0.39 is 0 Å². The molecule has 0 unspecified atom stereocenters. The van der Waals surface area contributed by atoms with Crippen molar-refractivity contribution in [3.8, 4) is 17.2 Å². The number of hydrogen-bond acceptors (Lipinski definition) is 5. The molecule has 4 rings (SSSR count). The lowest BCUT2D eigenvalue weighted by molar-refractivity contribution is -0.118. The zero-order valence-corrected chi connectivity index (χ0v) is 16.3. The summed E-state index contributed by atoms with van der Waals surface area (Å²) in [6.45, 7) is 4.80. The number of likely N-dealkylation sites (tertiary alicyclic amines) is 1. The fourth-order valence-corrected chi connectivity index (χ4v) is 4.28. The van der Waals surface area contributed by atoms with Gasteiger partial charge in [-0.15, -0.1) is 0 Å². The van der Waals surface area contributed by atoms with Crippen LogP contribution in [0.2, 0.25) is 0 Å². The summed E-state index contributed by atoms with van der Waals surface area (Å²) in [7, 11) is 1.52. The second-order valence-corrected chi connectivity index (χ2v) is 7.54. The van der Waals surface area contributed by atoms with Gasteiger partial charge in [-0.1, -0.05) is 12.1 Å². The van der Waals surface area contributed by atoms with E-state index in [2.05, 4.69) is 11.0 Å². The Bertz CT molecular complexity index is 914. The van der Waals surface area contributed by atoms with E-state index >= 15 is 0 Å². The first-order valence-corrected chi connectivity index (χ1v) is 9.43. The molecule has 2 heterocycles. The Hall–Kier alpha value is -2.60. The molecule has 0 N–H and O–H groups in total. The summed E-state index contributed by atoms with van der Waals surface area (Å²) in [5, 5.41) is 0. The van der Waals surface area contributed by atoms with E-state index in [0.29, 0.717) is 24.4 Å². The summed E-state index contributed by atoms with van der Waals surface area (Å²) in [5.74, 6) is 1.98. The summed E-state index contributed by atoms with van der Waals surface area (Å²) in [6, 6.07) is 8.89. The molecule has 2 aromatic carbocycles. The Balaban J connectivity index is 1.66. The number of aryl methyl sites for hydroxylation is 1. The van der Waals surface area contributed by atoms with Crippen molar-refractivity contribution in [2.24, 2.45) is 0 Å². The van der Waals surface area contributed by atoms with E-state index in [1.807, 2.05) is 13.0 Å². The average molecular weight is 385 g/mol. The van der Waals surface area contributed by atoms with E-state index in [4.69, 9.17) is 14.2 Å². The second kappa shape index (κ2) is 7.43.